The lowest BCUT2D eigenvalue weighted by Gasteiger charge is -2.14. The second kappa shape index (κ2) is 18.6. The van der Waals surface area contributed by atoms with Crippen LogP contribution in [0.15, 0.2) is 297 Å². The van der Waals surface area contributed by atoms with Gasteiger partial charge in [-0.2, -0.15) is 0 Å². The molecular formula is C82H46N4O4. The molecule has 0 radical (unpaired) electrons. The lowest BCUT2D eigenvalue weighted by atomic mass is 9.95. The van der Waals surface area contributed by atoms with Crippen LogP contribution in [-0.2, 0) is 0 Å². The van der Waals surface area contributed by atoms with E-state index in [2.05, 4.69) is 252 Å². The van der Waals surface area contributed by atoms with E-state index in [-0.39, 0.29) is 0 Å². The monoisotopic (exact) mass is 1150 g/mol. The van der Waals surface area contributed by atoms with Gasteiger partial charge in [0.2, 0.25) is 5.95 Å². The summed E-state index contributed by atoms with van der Waals surface area (Å²) in [4.78, 5) is 11.2. The third-order valence-corrected chi connectivity index (χ3v) is 18.5. The number of furan rings is 4. The van der Waals surface area contributed by atoms with Gasteiger partial charge in [-0.1, -0.05) is 140 Å². The maximum Gasteiger partial charge on any atom is 0.235 e. The van der Waals surface area contributed by atoms with E-state index in [1.807, 2.05) is 36.4 Å². The highest BCUT2D eigenvalue weighted by Crippen LogP contribution is 2.44. The first-order chi connectivity index (χ1) is 44.5. The number of fused-ring (bicyclic) bond motifs is 18. The minimum Gasteiger partial charge on any atom is -0.456 e. The van der Waals surface area contributed by atoms with Gasteiger partial charge in [-0.25, -0.2) is 9.97 Å². The Bertz CT molecular complexity index is 6300. The molecule has 0 aliphatic heterocycles. The van der Waals surface area contributed by atoms with Crippen LogP contribution in [0.2, 0.25) is 0 Å². The van der Waals surface area contributed by atoms with Crippen molar-refractivity contribution in [3.8, 4) is 67.5 Å². The number of hydrogen-bond acceptors (Lipinski definition) is 6. The first kappa shape index (κ1) is 48.9. The van der Waals surface area contributed by atoms with Gasteiger partial charge >= 0.3 is 0 Å². The average Bonchev–Trinajstić information content (AvgIpc) is 1.57. The smallest absolute Gasteiger partial charge is 0.235 e. The summed E-state index contributed by atoms with van der Waals surface area (Å²) in [6.07, 6.45) is 0. The van der Waals surface area contributed by atoms with E-state index in [1.54, 1.807) is 0 Å². The summed E-state index contributed by atoms with van der Waals surface area (Å²) >= 11 is 0. The molecule has 0 aliphatic carbocycles. The second-order valence-corrected chi connectivity index (χ2v) is 23.6. The molecule has 90 heavy (non-hydrogen) atoms. The van der Waals surface area contributed by atoms with Gasteiger partial charge in [0.25, 0.3) is 0 Å². The molecule has 0 unspecified atom stereocenters. The van der Waals surface area contributed by atoms with Gasteiger partial charge in [-0.05, 0) is 173 Å². The quantitative estimate of drug-likeness (QED) is 0.158. The topological polar surface area (TPSA) is 88.2 Å². The van der Waals surface area contributed by atoms with E-state index < -0.39 is 0 Å². The number of aromatic nitrogens is 4. The Morgan fingerprint density at radius 2 is 0.544 bits per heavy atom. The Labute approximate surface area is 511 Å². The van der Waals surface area contributed by atoms with Crippen molar-refractivity contribution in [3.05, 3.63) is 279 Å². The zero-order valence-corrected chi connectivity index (χ0v) is 48.0. The number of benzene rings is 13. The van der Waals surface area contributed by atoms with E-state index in [0.717, 1.165) is 193 Å². The summed E-state index contributed by atoms with van der Waals surface area (Å²) in [6.45, 7) is 0. The fourth-order valence-electron chi connectivity index (χ4n) is 14.3. The highest BCUT2D eigenvalue weighted by Gasteiger charge is 2.24. The van der Waals surface area contributed by atoms with E-state index in [4.69, 9.17) is 27.6 Å². The van der Waals surface area contributed by atoms with Crippen molar-refractivity contribution in [2.75, 3.05) is 0 Å². The zero-order chi connectivity index (χ0) is 58.7. The molecule has 13 aromatic carbocycles. The zero-order valence-electron chi connectivity index (χ0n) is 48.0. The SMILES string of the molecule is c1ccc(-c2ccc3oc4ccc(-c5cc(-c6ccc7oc8ccccc8c7c6)cc(-n6c7ccccc7c7cc8c(cc76)c6ccccc6n8-c6nc(-c7ccc8oc9ccccc9c8c7)cc(-c7ccc8oc9ccccc9c8c7)n6)c5)cc4c3c2)cc1. The Hall–Kier alpha value is -12.3. The fourth-order valence-corrected chi connectivity index (χ4v) is 14.3. The average molecular weight is 1150 g/mol. The summed E-state index contributed by atoms with van der Waals surface area (Å²) in [7, 11) is 0. The highest BCUT2D eigenvalue weighted by molar-refractivity contribution is 6.19. The van der Waals surface area contributed by atoms with Crippen LogP contribution in [0.5, 0.6) is 0 Å². The normalized spacial score (nSPS) is 12.2. The Kier molecular flexibility index (Phi) is 10.1. The molecule has 0 saturated heterocycles. The minimum absolute atomic E-state index is 0.560. The molecule has 20 aromatic rings. The molecule has 0 aliphatic rings. The fraction of sp³-hybridized carbons (Fsp3) is 0. The maximum absolute atomic E-state index is 6.54. The highest BCUT2D eigenvalue weighted by atomic mass is 16.3. The van der Waals surface area contributed by atoms with Crippen molar-refractivity contribution in [1.82, 2.24) is 19.1 Å². The predicted molar refractivity (Wildman–Crippen MR) is 367 cm³/mol. The molecule has 0 N–H and O–H groups in total. The van der Waals surface area contributed by atoms with Crippen LogP contribution in [0.3, 0.4) is 0 Å². The second-order valence-electron chi connectivity index (χ2n) is 23.6. The lowest BCUT2D eigenvalue weighted by molar-refractivity contribution is 0.668. The van der Waals surface area contributed by atoms with Gasteiger partial charge < -0.3 is 22.2 Å². The summed E-state index contributed by atoms with van der Waals surface area (Å²) in [6, 6.07) is 99.0. The van der Waals surface area contributed by atoms with Crippen molar-refractivity contribution < 1.29 is 17.7 Å². The number of rotatable bonds is 7. The molecular weight excluding hydrogens is 1100 g/mol. The largest absolute Gasteiger partial charge is 0.456 e. The summed E-state index contributed by atoms with van der Waals surface area (Å²) in [5.74, 6) is 0.560. The molecule has 8 heteroatoms. The van der Waals surface area contributed by atoms with Crippen molar-refractivity contribution in [2.45, 2.75) is 0 Å². The standard InChI is InChI=1S/C82H46N4O4/c1-2-14-47(15-3-1)48-26-31-80-66(39-48)67-41-50(28-33-81(67)90-80)54-36-53(49-27-32-77-63(40-49)58-18-6-11-23-74(58)87-77)37-55(38-54)85-70-21-9-4-16-56(70)61-45-73-62(44-72(61)85)57-17-5-10-22-71(57)86(73)82-83-68(51-29-34-78-64(42-51)59-19-7-12-24-75(59)88-78)46-69(84-82)52-30-35-79-65(43-52)60-20-8-13-25-76(60)89-79/h1-46H. The molecule has 8 nitrogen and oxygen atoms in total. The molecule has 0 spiro atoms. The maximum atomic E-state index is 6.54. The number of hydrogen-bond donors (Lipinski definition) is 0. The van der Waals surface area contributed by atoms with Gasteiger partial charge in [0, 0.05) is 81.4 Å². The molecule has 20 rings (SSSR count). The van der Waals surface area contributed by atoms with Gasteiger partial charge in [0.05, 0.1) is 33.5 Å². The number of para-hydroxylation sites is 5. The first-order valence-corrected chi connectivity index (χ1v) is 30.3. The Morgan fingerprint density at radius 1 is 0.200 bits per heavy atom. The van der Waals surface area contributed by atoms with E-state index in [9.17, 15) is 0 Å². The molecule has 7 heterocycles. The van der Waals surface area contributed by atoms with E-state index in [0.29, 0.717) is 5.95 Å². The van der Waals surface area contributed by atoms with Gasteiger partial charge in [-0.3, -0.25) is 4.57 Å². The van der Waals surface area contributed by atoms with Crippen LogP contribution in [0.1, 0.15) is 0 Å². The van der Waals surface area contributed by atoms with Crippen LogP contribution in [0, 0.1) is 0 Å². The Balaban J connectivity index is 0.816. The van der Waals surface area contributed by atoms with Crippen molar-refractivity contribution in [2.24, 2.45) is 0 Å². The molecule has 0 fully saturated rings. The molecule has 0 atom stereocenters. The molecule has 7 aromatic heterocycles. The van der Waals surface area contributed by atoms with Crippen molar-refractivity contribution >= 4 is 131 Å². The Morgan fingerprint density at radius 3 is 1.01 bits per heavy atom. The number of nitrogens with zero attached hydrogens (tertiary/aromatic N) is 4. The van der Waals surface area contributed by atoms with E-state index >= 15 is 0 Å². The summed E-state index contributed by atoms with van der Waals surface area (Å²) in [5, 5.41) is 12.9. The molecule has 0 saturated carbocycles. The van der Waals surface area contributed by atoms with Crippen LogP contribution >= 0.6 is 0 Å². The van der Waals surface area contributed by atoms with Crippen LogP contribution in [-0.4, -0.2) is 19.1 Å². The van der Waals surface area contributed by atoms with Gasteiger partial charge in [0.15, 0.2) is 0 Å². The van der Waals surface area contributed by atoms with Gasteiger partial charge in [0.1, 0.15) is 44.7 Å². The summed E-state index contributed by atoms with van der Waals surface area (Å²) in [5.41, 5.74) is 22.1. The first-order valence-electron chi connectivity index (χ1n) is 30.3. The third-order valence-electron chi connectivity index (χ3n) is 18.5. The van der Waals surface area contributed by atoms with Crippen molar-refractivity contribution in [1.29, 1.82) is 0 Å². The third kappa shape index (κ3) is 7.36. The summed E-state index contributed by atoms with van der Waals surface area (Å²) < 4.78 is 30.3. The van der Waals surface area contributed by atoms with E-state index in [1.165, 1.54) is 0 Å². The molecule has 0 bridgehead atoms. The van der Waals surface area contributed by atoms with Crippen LogP contribution in [0.25, 0.3) is 199 Å². The van der Waals surface area contributed by atoms with Crippen molar-refractivity contribution in [3.63, 3.8) is 0 Å². The lowest BCUT2D eigenvalue weighted by Crippen LogP contribution is -2.04. The van der Waals surface area contributed by atoms with Gasteiger partial charge in [-0.15, -0.1) is 0 Å². The minimum atomic E-state index is 0.560. The molecule has 0 amide bonds. The van der Waals surface area contributed by atoms with Crippen LogP contribution in [0.4, 0.5) is 0 Å². The van der Waals surface area contributed by atoms with Crippen LogP contribution < -0.4 is 0 Å². The predicted octanol–water partition coefficient (Wildman–Crippen LogP) is 22.6. The molecule has 418 valence electrons.